The van der Waals surface area contributed by atoms with E-state index >= 15 is 0 Å². The van der Waals surface area contributed by atoms with Gasteiger partial charge in [0.05, 0.1) is 5.60 Å². The molecule has 1 aliphatic carbocycles. The van der Waals surface area contributed by atoms with Gasteiger partial charge in [0.1, 0.15) is 11.5 Å². The zero-order chi connectivity index (χ0) is 25.8. The van der Waals surface area contributed by atoms with E-state index in [1.807, 2.05) is 68.4 Å². The second-order valence-corrected chi connectivity index (χ2v) is 9.42. The lowest BCUT2D eigenvalue weighted by Gasteiger charge is -2.31. The van der Waals surface area contributed by atoms with E-state index in [0.29, 0.717) is 6.42 Å². The largest absolute Gasteiger partial charge is 0.457 e. The molecule has 0 saturated heterocycles. The Kier molecular flexibility index (Phi) is 17.2. The molecule has 0 aromatic heterocycles. The van der Waals surface area contributed by atoms with Crippen molar-refractivity contribution in [2.45, 2.75) is 90.1 Å². The Balaban J connectivity index is 0.000000759. The van der Waals surface area contributed by atoms with Crippen LogP contribution in [0.3, 0.4) is 0 Å². The fourth-order valence-corrected chi connectivity index (χ4v) is 4.34. The van der Waals surface area contributed by atoms with E-state index in [1.165, 1.54) is 32.1 Å². The van der Waals surface area contributed by atoms with Gasteiger partial charge in [-0.3, -0.25) is 0 Å². The van der Waals surface area contributed by atoms with Gasteiger partial charge >= 0.3 is 0 Å². The van der Waals surface area contributed by atoms with Gasteiger partial charge in [-0.2, -0.15) is 0 Å². The Labute approximate surface area is 215 Å². The molecular formula is C31H51NO3. The van der Waals surface area contributed by atoms with E-state index < -0.39 is 5.60 Å². The molecule has 0 aliphatic heterocycles. The molecule has 0 heterocycles. The number of nitrogens with zero attached hydrogens (tertiary/aromatic N) is 1. The molecule has 0 amide bonds. The van der Waals surface area contributed by atoms with Crippen LogP contribution in [0.15, 0.2) is 54.6 Å². The molecule has 1 fully saturated rings. The summed E-state index contributed by atoms with van der Waals surface area (Å²) in [6.07, 6.45) is 12.8. The van der Waals surface area contributed by atoms with Gasteiger partial charge < -0.3 is 19.5 Å². The molecule has 4 heteroatoms. The third-order valence-corrected chi connectivity index (χ3v) is 6.24. The predicted octanol–water partition coefficient (Wildman–Crippen LogP) is 8.19. The molecule has 2 aromatic carbocycles. The average molecular weight is 486 g/mol. The lowest BCUT2D eigenvalue weighted by atomic mass is 9.83. The molecule has 0 bridgehead atoms. The van der Waals surface area contributed by atoms with Crippen LogP contribution in [0.2, 0.25) is 0 Å². The van der Waals surface area contributed by atoms with Gasteiger partial charge in [-0.05, 0) is 77.4 Å². The van der Waals surface area contributed by atoms with Gasteiger partial charge in [-0.25, -0.2) is 0 Å². The number of hydrogen-bond acceptors (Lipinski definition) is 4. The minimum Gasteiger partial charge on any atom is -0.457 e. The summed E-state index contributed by atoms with van der Waals surface area (Å²) in [5.41, 5.74) is -0.0214. The number of para-hydroxylation sites is 2. The molecule has 1 atom stereocenters. The first-order valence-corrected chi connectivity index (χ1v) is 13.7. The van der Waals surface area contributed by atoms with E-state index in [1.54, 1.807) is 7.11 Å². The summed E-state index contributed by atoms with van der Waals surface area (Å²) in [5, 5.41) is 11.7. The summed E-state index contributed by atoms with van der Waals surface area (Å²) in [7, 11) is 5.89. The highest BCUT2D eigenvalue weighted by Gasteiger charge is 2.31. The van der Waals surface area contributed by atoms with Crippen LogP contribution in [0.5, 0.6) is 11.5 Å². The lowest BCUT2D eigenvalue weighted by Crippen LogP contribution is -2.27. The van der Waals surface area contributed by atoms with Crippen LogP contribution < -0.4 is 4.74 Å². The molecule has 3 rings (SSSR count). The molecule has 1 N–H and O–H groups in total. The molecule has 0 radical (unpaired) electrons. The van der Waals surface area contributed by atoms with Crippen molar-refractivity contribution >= 4 is 0 Å². The number of unbranched alkanes of at least 4 members (excludes halogenated alkanes) is 2. The summed E-state index contributed by atoms with van der Waals surface area (Å²) < 4.78 is 11.3. The summed E-state index contributed by atoms with van der Waals surface area (Å²) in [6.45, 7) is 5.75. The fourth-order valence-electron chi connectivity index (χ4n) is 4.34. The van der Waals surface area contributed by atoms with E-state index in [2.05, 4.69) is 19.0 Å². The fraction of sp³-hybridized carbons (Fsp3) is 0.613. The zero-order valence-electron chi connectivity index (χ0n) is 23.1. The number of aliphatic hydroxyl groups is 1. The van der Waals surface area contributed by atoms with Crippen molar-refractivity contribution in [3.05, 3.63) is 60.2 Å². The second kappa shape index (κ2) is 19.3. The third kappa shape index (κ3) is 13.1. The topological polar surface area (TPSA) is 41.9 Å². The smallest absolute Gasteiger partial charge is 0.133 e. The second-order valence-electron chi connectivity index (χ2n) is 9.42. The number of ether oxygens (including phenoxy) is 2. The Morgan fingerprint density at radius 1 is 0.771 bits per heavy atom. The van der Waals surface area contributed by atoms with Crippen LogP contribution in [0.1, 0.15) is 90.0 Å². The molecular weight excluding hydrogens is 434 g/mol. The molecule has 2 aromatic rings. The van der Waals surface area contributed by atoms with Crippen LogP contribution in [0.25, 0.3) is 0 Å². The number of rotatable bonds is 13. The number of methoxy groups -OCH3 is 1. The Morgan fingerprint density at radius 3 is 1.89 bits per heavy atom. The van der Waals surface area contributed by atoms with Gasteiger partial charge in [0.15, 0.2) is 0 Å². The van der Waals surface area contributed by atoms with Gasteiger partial charge in [-0.15, -0.1) is 0 Å². The van der Waals surface area contributed by atoms with Crippen LogP contribution >= 0.6 is 0 Å². The summed E-state index contributed by atoms with van der Waals surface area (Å²) in [5.74, 6) is 1.51. The summed E-state index contributed by atoms with van der Waals surface area (Å²) >= 11 is 0. The highest BCUT2D eigenvalue weighted by Crippen LogP contribution is 2.39. The molecule has 198 valence electrons. The number of hydrogen-bond donors (Lipinski definition) is 1. The van der Waals surface area contributed by atoms with E-state index in [-0.39, 0.29) is 0 Å². The maximum atomic E-state index is 11.7. The Hall–Kier alpha value is -1.88. The monoisotopic (exact) mass is 485 g/mol. The van der Waals surface area contributed by atoms with Crippen LogP contribution in [-0.4, -0.2) is 44.4 Å². The maximum absolute atomic E-state index is 11.7. The van der Waals surface area contributed by atoms with Crippen molar-refractivity contribution in [3.63, 3.8) is 0 Å². The Morgan fingerprint density at radius 2 is 1.31 bits per heavy atom. The summed E-state index contributed by atoms with van der Waals surface area (Å²) in [6, 6.07) is 17.6. The van der Waals surface area contributed by atoms with E-state index in [9.17, 15) is 5.11 Å². The highest BCUT2D eigenvalue weighted by molar-refractivity contribution is 5.41. The third-order valence-electron chi connectivity index (χ3n) is 6.24. The molecule has 1 saturated carbocycles. The normalized spacial score (nSPS) is 14.4. The van der Waals surface area contributed by atoms with Gasteiger partial charge in [0.2, 0.25) is 0 Å². The van der Waals surface area contributed by atoms with E-state index in [4.69, 9.17) is 9.47 Å². The van der Waals surface area contributed by atoms with Crippen LogP contribution in [0.4, 0.5) is 0 Å². The molecule has 1 unspecified atom stereocenters. The van der Waals surface area contributed by atoms with Crippen molar-refractivity contribution in [2.24, 2.45) is 0 Å². The van der Waals surface area contributed by atoms with Crippen LogP contribution in [0, 0.1) is 0 Å². The van der Waals surface area contributed by atoms with Crippen molar-refractivity contribution in [3.8, 4) is 11.5 Å². The first-order valence-electron chi connectivity index (χ1n) is 13.7. The van der Waals surface area contributed by atoms with E-state index in [0.717, 1.165) is 62.3 Å². The Bertz CT molecular complexity index is 738. The predicted molar refractivity (Wildman–Crippen MR) is 149 cm³/mol. The highest BCUT2D eigenvalue weighted by atomic mass is 16.5. The minimum atomic E-state index is -0.897. The standard InChI is InChI=1S/C24H35NO3.C5H10.C2H6/c1-25(2)19-11-9-17-24(26,18-10-12-20-27-3)22-15-7-8-16-23(22)28-21-13-5-4-6-14-21;1-2-4-5-3-1;1-2/h4-8,13-16,26H,9-12,17-20H2,1-3H3;1-5H2;1-2H3. The zero-order valence-corrected chi connectivity index (χ0v) is 23.1. The van der Waals surface area contributed by atoms with Crippen molar-refractivity contribution < 1.29 is 14.6 Å². The quantitative estimate of drug-likeness (QED) is 0.290. The SMILES string of the molecule is C1CCCC1.CC.COCCCCC(O)(CCCCN(C)C)c1ccccc1Oc1ccccc1. The first kappa shape index (κ1) is 31.2. The van der Waals surface area contributed by atoms with Crippen molar-refractivity contribution in [1.29, 1.82) is 0 Å². The van der Waals surface area contributed by atoms with Gasteiger partial charge in [0.25, 0.3) is 0 Å². The van der Waals surface area contributed by atoms with Crippen molar-refractivity contribution in [1.82, 2.24) is 4.90 Å². The first-order chi connectivity index (χ1) is 17.0. The molecule has 4 nitrogen and oxygen atoms in total. The lowest BCUT2D eigenvalue weighted by molar-refractivity contribution is 0.00990. The number of benzene rings is 2. The minimum absolute atomic E-state index is 0.702. The molecule has 35 heavy (non-hydrogen) atoms. The molecule has 1 aliphatic rings. The maximum Gasteiger partial charge on any atom is 0.133 e. The van der Waals surface area contributed by atoms with Gasteiger partial charge in [0, 0.05) is 19.3 Å². The summed E-state index contributed by atoms with van der Waals surface area (Å²) in [4.78, 5) is 2.18. The van der Waals surface area contributed by atoms with Crippen molar-refractivity contribution in [2.75, 3.05) is 34.4 Å². The molecule has 0 spiro atoms. The van der Waals surface area contributed by atoms with Gasteiger partial charge in [-0.1, -0.05) is 82.3 Å². The van der Waals surface area contributed by atoms with Crippen LogP contribution in [-0.2, 0) is 10.3 Å². The average Bonchev–Trinajstić information content (AvgIpc) is 3.47.